The van der Waals surface area contributed by atoms with Gasteiger partial charge in [0.05, 0.1) is 18.0 Å². The second-order valence-corrected chi connectivity index (χ2v) is 8.48. The van der Waals surface area contributed by atoms with Crippen LogP contribution in [0.15, 0.2) is 42.5 Å². The number of sulfonamides is 1. The molecule has 0 aromatic heterocycles. The number of nitrogens with one attached hydrogen (secondary N) is 1. The summed E-state index contributed by atoms with van der Waals surface area (Å²) >= 11 is 0. The topological polar surface area (TPSA) is 66.5 Å². The predicted octanol–water partition coefficient (Wildman–Crippen LogP) is 3.44. The molecule has 2 aromatic carbocycles. The van der Waals surface area contributed by atoms with Crippen molar-refractivity contribution in [2.45, 2.75) is 33.2 Å². The summed E-state index contributed by atoms with van der Waals surface area (Å²) in [4.78, 5) is 12.7. The van der Waals surface area contributed by atoms with Gasteiger partial charge in [0.2, 0.25) is 10.0 Å². The summed E-state index contributed by atoms with van der Waals surface area (Å²) in [6.07, 6.45) is 2.11. The van der Waals surface area contributed by atoms with Gasteiger partial charge >= 0.3 is 0 Å². The first-order valence-electron chi connectivity index (χ1n) is 8.58. The standard InChI is InChI=1S/C20H26N2O3S/c1-6-16-10-12-17(13-11-16)15(3)21-20(23)18-8-7-9-19(14(18)2)22(4)26(5,24)25/h7-13,15H,6H2,1-5H3,(H,21,23)/t15-/m1/s1. The van der Waals surface area contributed by atoms with Crippen LogP contribution in [0.5, 0.6) is 0 Å². The molecule has 0 saturated heterocycles. The second-order valence-electron chi connectivity index (χ2n) is 6.47. The molecule has 0 spiro atoms. The fourth-order valence-electron chi connectivity index (χ4n) is 2.79. The van der Waals surface area contributed by atoms with Gasteiger partial charge in [0.15, 0.2) is 0 Å². The molecule has 0 aliphatic rings. The van der Waals surface area contributed by atoms with Crippen LogP contribution in [0.4, 0.5) is 5.69 Å². The van der Waals surface area contributed by atoms with Crippen LogP contribution in [-0.2, 0) is 16.4 Å². The molecule has 0 fully saturated rings. The van der Waals surface area contributed by atoms with Crippen LogP contribution >= 0.6 is 0 Å². The lowest BCUT2D eigenvalue weighted by Crippen LogP contribution is -2.29. The van der Waals surface area contributed by atoms with E-state index in [4.69, 9.17) is 0 Å². The van der Waals surface area contributed by atoms with Crippen LogP contribution in [0, 0.1) is 6.92 Å². The van der Waals surface area contributed by atoms with E-state index in [2.05, 4.69) is 24.4 Å². The number of benzene rings is 2. The lowest BCUT2D eigenvalue weighted by Gasteiger charge is -2.21. The van der Waals surface area contributed by atoms with E-state index in [-0.39, 0.29) is 11.9 Å². The van der Waals surface area contributed by atoms with Gasteiger partial charge in [0.1, 0.15) is 0 Å². The van der Waals surface area contributed by atoms with Gasteiger partial charge in [-0.3, -0.25) is 9.10 Å². The molecule has 1 atom stereocenters. The van der Waals surface area contributed by atoms with Gasteiger partial charge in [0, 0.05) is 12.6 Å². The Morgan fingerprint density at radius 1 is 1.15 bits per heavy atom. The van der Waals surface area contributed by atoms with E-state index in [0.29, 0.717) is 16.8 Å². The van der Waals surface area contributed by atoms with E-state index in [1.807, 2.05) is 19.1 Å². The Morgan fingerprint density at radius 2 is 1.77 bits per heavy atom. The van der Waals surface area contributed by atoms with E-state index in [0.717, 1.165) is 18.2 Å². The van der Waals surface area contributed by atoms with Gasteiger partial charge in [-0.15, -0.1) is 0 Å². The van der Waals surface area contributed by atoms with Gasteiger partial charge in [0.25, 0.3) is 5.91 Å². The number of carbonyl (C=O) groups is 1. The molecule has 2 aromatic rings. The Morgan fingerprint density at radius 3 is 2.31 bits per heavy atom. The number of nitrogens with zero attached hydrogens (tertiary/aromatic N) is 1. The molecule has 0 aliphatic heterocycles. The first kappa shape index (κ1) is 20.0. The van der Waals surface area contributed by atoms with Crippen molar-refractivity contribution in [1.29, 1.82) is 0 Å². The molecule has 5 nitrogen and oxygen atoms in total. The predicted molar refractivity (Wildman–Crippen MR) is 106 cm³/mol. The van der Waals surface area contributed by atoms with Gasteiger partial charge in [-0.2, -0.15) is 0 Å². The molecule has 0 aliphatic carbocycles. The van der Waals surface area contributed by atoms with Gasteiger partial charge in [-0.1, -0.05) is 37.3 Å². The summed E-state index contributed by atoms with van der Waals surface area (Å²) in [7, 11) is -1.91. The maximum Gasteiger partial charge on any atom is 0.252 e. The number of hydrogen-bond acceptors (Lipinski definition) is 3. The smallest absolute Gasteiger partial charge is 0.252 e. The van der Waals surface area contributed by atoms with Crippen LogP contribution in [0.25, 0.3) is 0 Å². The molecule has 0 radical (unpaired) electrons. The maximum atomic E-state index is 12.7. The van der Waals surface area contributed by atoms with Gasteiger partial charge in [-0.05, 0) is 49.1 Å². The maximum absolute atomic E-state index is 12.7. The minimum absolute atomic E-state index is 0.149. The normalized spacial score (nSPS) is 12.5. The number of carbonyl (C=O) groups excluding carboxylic acids is 1. The van der Waals surface area contributed by atoms with Gasteiger partial charge < -0.3 is 5.32 Å². The zero-order valence-electron chi connectivity index (χ0n) is 15.9. The van der Waals surface area contributed by atoms with Crippen molar-refractivity contribution in [2.75, 3.05) is 17.6 Å². The summed E-state index contributed by atoms with van der Waals surface area (Å²) in [5.41, 5.74) is 3.87. The molecular formula is C20H26N2O3S. The molecule has 1 N–H and O–H groups in total. The van der Waals surface area contributed by atoms with Gasteiger partial charge in [-0.25, -0.2) is 8.42 Å². The first-order valence-corrected chi connectivity index (χ1v) is 10.4. The van der Waals surface area contributed by atoms with Crippen molar-refractivity contribution in [3.05, 3.63) is 64.7 Å². The van der Waals surface area contributed by atoms with Crippen molar-refractivity contribution >= 4 is 21.6 Å². The highest BCUT2D eigenvalue weighted by molar-refractivity contribution is 7.92. The quantitative estimate of drug-likeness (QED) is 0.842. The number of amides is 1. The molecule has 140 valence electrons. The average molecular weight is 375 g/mol. The molecule has 6 heteroatoms. The largest absolute Gasteiger partial charge is 0.346 e. The van der Waals surface area contributed by atoms with E-state index in [1.54, 1.807) is 25.1 Å². The SMILES string of the molecule is CCc1ccc([C@@H](C)NC(=O)c2cccc(N(C)S(C)(=O)=O)c2C)cc1. The molecule has 2 rings (SSSR count). The highest BCUT2D eigenvalue weighted by atomic mass is 32.2. The molecule has 26 heavy (non-hydrogen) atoms. The zero-order chi connectivity index (χ0) is 19.5. The van der Waals surface area contributed by atoms with E-state index < -0.39 is 10.0 Å². The fourth-order valence-corrected chi connectivity index (χ4v) is 3.34. The average Bonchev–Trinajstić information content (AvgIpc) is 2.60. The minimum Gasteiger partial charge on any atom is -0.346 e. The van der Waals surface area contributed by atoms with Crippen LogP contribution in [-0.4, -0.2) is 27.6 Å². The van der Waals surface area contributed by atoms with E-state index >= 15 is 0 Å². The molecule has 0 saturated carbocycles. The minimum atomic E-state index is -3.39. The van der Waals surface area contributed by atoms with E-state index in [1.165, 1.54) is 16.9 Å². The van der Waals surface area contributed by atoms with Crippen LogP contribution in [0.2, 0.25) is 0 Å². The van der Waals surface area contributed by atoms with Crippen molar-refractivity contribution in [2.24, 2.45) is 0 Å². The van der Waals surface area contributed by atoms with Crippen molar-refractivity contribution in [3.63, 3.8) is 0 Å². The van der Waals surface area contributed by atoms with E-state index in [9.17, 15) is 13.2 Å². The van der Waals surface area contributed by atoms with Crippen molar-refractivity contribution < 1.29 is 13.2 Å². The van der Waals surface area contributed by atoms with Crippen LogP contribution < -0.4 is 9.62 Å². The third-order valence-electron chi connectivity index (χ3n) is 4.62. The first-order chi connectivity index (χ1) is 12.1. The summed E-state index contributed by atoms with van der Waals surface area (Å²) in [5, 5.41) is 2.99. The number of aryl methyl sites for hydroxylation is 1. The summed E-state index contributed by atoms with van der Waals surface area (Å²) in [5.74, 6) is -0.224. The zero-order valence-corrected chi connectivity index (χ0v) is 16.7. The highest BCUT2D eigenvalue weighted by Crippen LogP contribution is 2.24. The number of rotatable bonds is 6. The molecular weight excluding hydrogens is 348 g/mol. The highest BCUT2D eigenvalue weighted by Gasteiger charge is 2.19. The lowest BCUT2D eigenvalue weighted by molar-refractivity contribution is 0.0939. The molecule has 0 unspecified atom stereocenters. The third kappa shape index (κ3) is 4.43. The van der Waals surface area contributed by atoms with Crippen molar-refractivity contribution in [1.82, 2.24) is 5.32 Å². The monoisotopic (exact) mass is 374 g/mol. The number of anilines is 1. The molecule has 0 heterocycles. The Bertz CT molecular complexity index is 890. The summed E-state index contributed by atoms with van der Waals surface area (Å²) in [6.45, 7) is 5.79. The Kier molecular flexibility index (Phi) is 6.08. The Labute approximate surface area is 156 Å². The molecule has 1 amide bonds. The summed E-state index contributed by atoms with van der Waals surface area (Å²) < 4.78 is 24.8. The van der Waals surface area contributed by atoms with Crippen LogP contribution in [0.1, 0.15) is 46.9 Å². The second kappa shape index (κ2) is 7.91. The third-order valence-corrected chi connectivity index (χ3v) is 5.81. The van der Waals surface area contributed by atoms with Crippen molar-refractivity contribution in [3.8, 4) is 0 Å². The summed E-state index contributed by atoms with van der Waals surface area (Å²) in [6, 6.07) is 13.1. The fraction of sp³-hybridized carbons (Fsp3) is 0.350. The Balaban J connectivity index is 2.24. The van der Waals surface area contributed by atoms with Crippen LogP contribution in [0.3, 0.4) is 0 Å². The number of hydrogen-bond donors (Lipinski definition) is 1. The molecule has 0 bridgehead atoms. The Hall–Kier alpha value is -2.34. The lowest BCUT2D eigenvalue weighted by atomic mass is 10.0.